The lowest BCUT2D eigenvalue weighted by Gasteiger charge is -2.14. The number of carbonyl (C=O) groups is 2. The zero-order valence-corrected chi connectivity index (χ0v) is 8.94. The van der Waals surface area contributed by atoms with Crippen molar-refractivity contribution in [1.82, 2.24) is 4.90 Å². The number of carbonyl (C=O) groups excluding carboxylic acids is 2. The normalized spacial score (nSPS) is 20.4. The molecule has 15 heavy (non-hydrogen) atoms. The molecule has 5 heteroatoms. The highest BCUT2D eigenvalue weighted by Gasteiger charge is 2.24. The average molecular weight is 215 g/mol. The van der Waals surface area contributed by atoms with Gasteiger partial charge in [-0.3, -0.25) is 9.59 Å². The third-order valence-corrected chi connectivity index (χ3v) is 2.36. The van der Waals surface area contributed by atoms with E-state index in [1.165, 1.54) is 0 Å². The Bertz CT molecular complexity index is 242. The van der Waals surface area contributed by atoms with Gasteiger partial charge in [-0.15, -0.1) is 0 Å². The maximum Gasteiger partial charge on any atom is 0.306 e. The third-order valence-electron chi connectivity index (χ3n) is 2.36. The zero-order chi connectivity index (χ0) is 11.3. The molecule has 1 unspecified atom stereocenters. The van der Waals surface area contributed by atoms with Crippen LogP contribution in [-0.4, -0.2) is 47.7 Å². The second-order valence-corrected chi connectivity index (χ2v) is 3.59. The molecule has 1 aliphatic rings. The number of ether oxygens (including phenoxy) is 1. The minimum absolute atomic E-state index is 0.0837. The van der Waals surface area contributed by atoms with Crippen molar-refractivity contribution in [2.45, 2.75) is 32.3 Å². The van der Waals surface area contributed by atoms with Gasteiger partial charge < -0.3 is 14.7 Å². The molecule has 1 aliphatic heterocycles. The van der Waals surface area contributed by atoms with Crippen LogP contribution in [0.4, 0.5) is 0 Å². The molecule has 1 rings (SSSR count). The summed E-state index contributed by atoms with van der Waals surface area (Å²) in [6, 6.07) is 0. The number of hydrogen-bond acceptors (Lipinski definition) is 4. The van der Waals surface area contributed by atoms with Crippen LogP contribution in [0.3, 0.4) is 0 Å². The molecule has 1 heterocycles. The van der Waals surface area contributed by atoms with E-state index in [0.29, 0.717) is 26.1 Å². The Hall–Kier alpha value is -1.10. The van der Waals surface area contributed by atoms with Crippen molar-refractivity contribution in [3.63, 3.8) is 0 Å². The monoisotopic (exact) mass is 215 g/mol. The summed E-state index contributed by atoms with van der Waals surface area (Å²) >= 11 is 0. The summed E-state index contributed by atoms with van der Waals surface area (Å²) in [7, 11) is 0. The Morgan fingerprint density at radius 1 is 1.47 bits per heavy atom. The van der Waals surface area contributed by atoms with Crippen molar-refractivity contribution < 1.29 is 19.4 Å². The molecule has 0 aliphatic carbocycles. The Kier molecular flexibility index (Phi) is 4.55. The van der Waals surface area contributed by atoms with Crippen LogP contribution in [0.2, 0.25) is 0 Å². The molecule has 0 aromatic rings. The van der Waals surface area contributed by atoms with E-state index in [1.807, 2.05) is 0 Å². The predicted octanol–water partition coefficient (Wildman–Crippen LogP) is -0.0771. The number of rotatable bonds is 4. The SMILES string of the molecule is CCOC(=O)CCC(=O)N1CCC(O)C1. The van der Waals surface area contributed by atoms with E-state index in [0.717, 1.165) is 0 Å². The predicted molar refractivity (Wildman–Crippen MR) is 53.1 cm³/mol. The van der Waals surface area contributed by atoms with Gasteiger partial charge in [-0.1, -0.05) is 0 Å². The Morgan fingerprint density at radius 2 is 2.20 bits per heavy atom. The van der Waals surface area contributed by atoms with Crippen molar-refractivity contribution in [2.75, 3.05) is 19.7 Å². The maximum atomic E-state index is 11.5. The fourth-order valence-electron chi connectivity index (χ4n) is 1.57. The van der Waals surface area contributed by atoms with Gasteiger partial charge in [0.15, 0.2) is 0 Å². The van der Waals surface area contributed by atoms with E-state index >= 15 is 0 Å². The Labute approximate surface area is 89.0 Å². The molecule has 1 saturated heterocycles. The fraction of sp³-hybridized carbons (Fsp3) is 0.800. The molecule has 1 atom stereocenters. The summed E-state index contributed by atoms with van der Waals surface area (Å²) in [6.07, 6.45) is 0.521. The van der Waals surface area contributed by atoms with Crippen LogP contribution in [-0.2, 0) is 14.3 Å². The number of likely N-dealkylation sites (tertiary alicyclic amines) is 1. The number of β-amino-alcohol motifs (C(OH)–C–C–N with tert-alkyl or cyclic N) is 1. The molecule has 5 nitrogen and oxygen atoms in total. The smallest absolute Gasteiger partial charge is 0.306 e. The molecule has 0 spiro atoms. The lowest BCUT2D eigenvalue weighted by molar-refractivity contribution is -0.145. The number of amides is 1. The van der Waals surface area contributed by atoms with Crippen LogP contribution in [0.5, 0.6) is 0 Å². The van der Waals surface area contributed by atoms with Crippen molar-refractivity contribution in [3.8, 4) is 0 Å². The molecular formula is C10H17NO4. The Balaban J connectivity index is 2.21. The molecule has 86 valence electrons. The topological polar surface area (TPSA) is 66.8 Å². The van der Waals surface area contributed by atoms with Crippen LogP contribution in [0.25, 0.3) is 0 Å². The number of hydrogen-bond donors (Lipinski definition) is 1. The zero-order valence-electron chi connectivity index (χ0n) is 8.94. The van der Waals surface area contributed by atoms with Crippen LogP contribution in [0.15, 0.2) is 0 Å². The second kappa shape index (κ2) is 5.70. The van der Waals surface area contributed by atoms with Crippen molar-refractivity contribution in [1.29, 1.82) is 0 Å². The molecule has 1 fully saturated rings. The lowest BCUT2D eigenvalue weighted by atomic mass is 10.3. The third kappa shape index (κ3) is 3.87. The van der Waals surface area contributed by atoms with E-state index in [1.54, 1.807) is 11.8 Å². The van der Waals surface area contributed by atoms with E-state index in [4.69, 9.17) is 4.74 Å². The van der Waals surface area contributed by atoms with Crippen molar-refractivity contribution >= 4 is 11.9 Å². The maximum absolute atomic E-state index is 11.5. The van der Waals surface area contributed by atoms with Gasteiger partial charge in [0.05, 0.1) is 19.1 Å². The highest BCUT2D eigenvalue weighted by Crippen LogP contribution is 2.10. The van der Waals surface area contributed by atoms with E-state index in [2.05, 4.69) is 0 Å². The average Bonchev–Trinajstić information content (AvgIpc) is 2.62. The number of esters is 1. The first kappa shape index (κ1) is 12.0. The summed E-state index contributed by atoms with van der Waals surface area (Å²) in [6.45, 7) is 3.05. The highest BCUT2D eigenvalue weighted by molar-refractivity contribution is 5.81. The summed E-state index contributed by atoms with van der Waals surface area (Å²) in [5.41, 5.74) is 0. The van der Waals surface area contributed by atoms with Gasteiger partial charge in [0.25, 0.3) is 0 Å². The molecule has 0 bridgehead atoms. The summed E-state index contributed by atoms with van der Waals surface area (Å²) in [5, 5.41) is 9.22. The van der Waals surface area contributed by atoms with Gasteiger partial charge in [-0.2, -0.15) is 0 Å². The minimum Gasteiger partial charge on any atom is -0.466 e. The quantitative estimate of drug-likeness (QED) is 0.666. The number of aliphatic hydroxyl groups excluding tert-OH is 1. The molecule has 0 aromatic heterocycles. The summed E-state index contributed by atoms with van der Waals surface area (Å²) < 4.78 is 4.72. The highest BCUT2D eigenvalue weighted by atomic mass is 16.5. The first-order valence-corrected chi connectivity index (χ1v) is 5.25. The first-order valence-electron chi connectivity index (χ1n) is 5.25. The van der Waals surface area contributed by atoms with Gasteiger partial charge in [0.1, 0.15) is 0 Å². The second-order valence-electron chi connectivity index (χ2n) is 3.59. The van der Waals surface area contributed by atoms with Gasteiger partial charge in [0, 0.05) is 19.5 Å². The number of nitrogens with zero attached hydrogens (tertiary/aromatic N) is 1. The van der Waals surface area contributed by atoms with Crippen molar-refractivity contribution in [3.05, 3.63) is 0 Å². The van der Waals surface area contributed by atoms with E-state index in [9.17, 15) is 14.7 Å². The van der Waals surface area contributed by atoms with Gasteiger partial charge in [0.2, 0.25) is 5.91 Å². The minimum atomic E-state index is -0.406. The standard InChI is InChI=1S/C10H17NO4/c1-2-15-10(14)4-3-9(13)11-6-5-8(12)7-11/h8,12H,2-7H2,1H3. The molecule has 0 radical (unpaired) electrons. The van der Waals surface area contributed by atoms with Crippen LogP contribution in [0, 0.1) is 0 Å². The molecule has 1 N–H and O–H groups in total. The van der Waals surface area contributed by atoms with Crippen molar-refractivity contribution in [2.24, 2.45) is 0 Å². The number of aliphatic hydroxyl groups is 1. The fourth-order valence-corrected chi connectivity index (χ4v) is 1.57. The molecule has 1 amide bonds. The van der Waals surface area contributed by atoms with Crippen LogP contribution in [0.1, 0.15) is 26.2 Å². The lowest BCUT2D eigenvalue weighted by Crippen LogP contribution is -2.29. The Morgan fingerprint density at radius 3 is 2.73 bits per heavy atom. The molecular weight excluding hydrogens is 198 g/mol. The van der Waals surface area contributed by atoms with Gasteiger partial charge in [-0.05, 0) is 13.3 Å². The first-order chi connectivity index (χ1) is 7.13. The van der Waals surface area contributed by atoms with Crippen LogP contribution >= 0.6 is 0 Å². The molecule has 0 saturated carbocycles. The van der Waals surface area contributed by atoms with E-state index in [-0.39, 0.29) is 24.7 Å². The van der Waals surface area contributed by atoms with Gasteiger partial charge >= 0.3 is 5.97 Å². The summed E-state index contributed by atoms with van der Waals surface area (Å²) in [5.74, 6) is -0.426. The molecule has 0 aromatic carbocycles. The van der Waals surface area contributed by atoms with E-state index < -0.39 is 6.10 Å². The van der Waals surface area contributed by atoms with Gasteiger partial charge in [-0.25, -0.2) is 0 Å². The summed E-state index contributed by atoms with van der Waals surface area (Å²) in [4.78, 5) is 24.1. The van der Waals surface area contributed by atoms with Crippen LogP contribution < -0.4 is 0 Å². The largest absolute Gasteiger partial charge is 0.466 e.